The number of rotatable bonds is 6. The average Bonchev–Trinajstić information content (AvgIpc) is 2.67. The lowest BCUT2D eigenvalue weighted by atomic mass is 10.1. The minimum Gasteiger partial charge on any atom is -0.326 e. The number of aryl methyl sites for hydroxylation is 1. The fourth-order valence-corrected chi connectivity index (χ4v) is 2.40. The maximum Gasteiger partial charge on any atom is 0.224 e. The molecular formula is C21H19N3O. The van der Waals surface area contributed by atoms with Crippen LogP contribution in [0.4, 0.5) is 5.69 Å². The van der Waals surface area contributed by atoms with E-state index < -0.39 is 0 Å². The van der Waals surface area contributed by atoms with Crippen LogP contribution in [-0.4, -0.2) is 15.9 Å². The fraction of sp³-hybridized carbons (Fsp3) is 0.0952. The molecule has 0 aliphatic rings. The molecule has 0 spiro atoms. The van der Waals surface area contributed by atoms with Crippen LogP contribution in [-0.2, 0) is 11.2 Å². The van der Waals surface area contributed by atoms with Crippen molar-refractivity contribution < 1.29 is 4.79 Å². The van der Waals surface area contributed by atoms with E-state index in [4.69, 9.17) is 0 Å². The van der Waals surface area contributed by atoms with E-state index in [0.29, 0.717) is 12.8 Å². The molecule has 3 rings (SSSR count). The monoisotopic (exact) mass is 329 g/mol. The minimum atomic E-state index is -0.00490. The molecule has 4 heteroatoms. The fourth-order valence-electron chi connectivity index (χ4n) is 2.40. The zero-order chi connectivity index (χ0) is 17.3. The van der Waals surface area contributed by atoms with Gasteiger partial charge < -0.3 is 5.32 Å². The Labute approximate surface area is 147 Å². The molecule has 124 valence electrons. The van der Waals surface area contributed by atoms with Gasteiger partial charge in [0, 0.05) is 30.7 Å². The molecule has 2 aromatic heterocycles. The van der Waals surface area contributed by atoms with Crippen molar-refractivity contribution in [2.45, 2.75) is 12.8 Å². The quantitative estimate of drug-likeness (QED) is 0.737. The van der Waals surface area contributed by atoms with Gasteiger partial charge in [0.25, 0.3) is 0 Å². The zero-order valence-electron chi connectivity index (χ0n) is 13.8. The molecule has 1 N–H and O–H groups in total. The number of hydrogen-bond acceptors (Lipinski definition) is 3. The Balaban J connectivity index is 1.57. The van der Waals surface area contributed by atoms with Crippen molar-refractivity contribution in [1.82, 2.24) is 9.97 Å². The molecule has 1 aromatic carbocycles. The van der Waals surface area contributed by atoms with Crippen molar-refractivity contribution >= 4 is 23.7 Å². The Morgan fingerprint density at radius 1 is 1.00 bits per heavy atom. The first-order valence-corrected chi connectivity index (χ1v) is 8.17. The first kappa shape index (κ1) is 16.6. The number of anilines is 1. The van der Waals surface area contributed by atoms with E-state index in [0.717, 1.165) is 22.5 Å². The summed E-state index contributed by atoms with van der Waals surface area (Å²) in [5.41, 5.74) is 3.76. The third kappa shape index (κ3) is 5.39. The molecule has 4 nitrogen and oxygen atoms in total. The summed E-state index contributed by atoms with van der Waals surface area (Å²) in [6, 6.07) is 17.4. The zero-order valence-corrected chi connectivity index (χ0v) is 13.8. The summed E-state index contributed by atoms with van der Waals surface area (Å²) >= 11 is 0. The number of nitrogens with one attached hydrogen (secondary N) is 1. The highest BCUT2D eigenvalue weighted by molar-refractivity contribution is 5.91. The molecule has 0 aliphatic heterocycles. The van der Waals surface area contributed by atoms with Crippen LogP contribution < -0.4 is 5.32 Å². The predicted octanol–water partition coefficient (Wildman–Crippen LogP) is 4.22. The SMILES string of the molecule is O=C(CCc1cccnc1)Nc1cccc(/C=C/c2ccccn2)c1. The largest absolute Gasteiger partial charge is 0.326 e. The van der Waals surface area contributed by atoms with Gasteiger partial charge >= 0.3 is 0 Å². The maximum atomic E-state index is 12.1. The first-order valence-electron chi connectivity index (χ1n) is 8.17. The molecule has 0 atom stereocenters. The molecule has 0 aliphatic carbocycles. The van der Waals surface area contributed by atoms with E-state index >= 15 is 0 Å². The standard InChI is InChI=1S/C21H19N3O/c25-21(12-10-18-6-4-13-22-16-18)24-20-8-3-5-17(15-20)9-11-19-7-1-2-14-23-19/h1-9,11,13-16H,10,12H2,(H,24,25)/b11-9+. The lowest BCUT2D eigenvalue weighted by molar-refractivity contribution is -0.116. The summed E-state index contributed by atoms with van der Waals surface area (Å²) in [7, 11) is 0. The summed E-state index contributed by atoms with van der Waals surface area (Å²) in [6.45, 7) is 0. The first-order chi connectivity index (χ1) is 12.3. The van der Waals surface area contributed by atoms with Crippen molar-refractivity contribution in [3.63, 3.8) is 0 Å². The van der Waals surface area contributed by atoms with Crippen LogP contribution in [0.5, 0.6) is 0 Å². The molecule has 0 bridgehead atoms. The minimum absolute atomic E-state index is 0.00490. The number of carbonyl (C=O) groups excluding carboxylic acids is 1. The lowest BCUT2D eigenvalue weighted by Gasteiger charge is -2.06. The van der Waals surface area contributed by atoms with Gasteiger partial charge in [-0.15, -0.1) is 0 Å². The number of carbonyl (C=O) groups is 1. The topological polar surface area (TPSA) is 54.9 Å². The van der Waals surface area contributed by atoms with Gasteiger partial charge in [0.05, 0.1) is 5.69 Å². The molecule has 0 saturated heterocycles. The number of pyridine rings is 2. The van der Waals surface area contributed by atoms with E-state index in [2.05, 4.69) is 15.3 Å². The molecule has 0 radical (unpaired) electrons. The predicted molar refractivity (Wildman–Crippen MR) is 101 cm³/mol. The number of aromatic nitrogens is 2. The molecule has 0 saturated carbocycles. The van der Waals surface area contributed by atoms with Crippen LogP contribution in [0.25, 0.3) is 12.2 Å². The smallest absolute Gasteiger partial charge is 0.224 e. The molecule has 1 amide bonds. The molecule has 3 aromatic rings. The van der Waals surface area contributed by atoms with Crippen molar-refractivity contribution in [2.75, 3.05) is 5.32 Å². The van der Waals surface area contributed by atoms with Crippen LogP contribution in [0.2, 0.25) is 0 Å². The third-order valence-corrected chi connectivity index (χ3v) is 3.67. The van der Waals surface area contributed by atoms with E-state index in [1.165, 1.54) is 0 Å². The second-order valence-electron chi connectivity index (χ2n) is 5.62. The molecular weight excluding hydrogens is 310 g/mol. The third-order valence-electron chi connectivity index (χ3n) is 3.67. The van der Waals surface area contributed by atoms with E-state index in [9.17, 15) is 4.79 Å². The Hall–Kier alpha value is -3.27. The second kappa shape index (κ2) is 8.55. The Bertz CT molecular complexity index is 845. The van der Waals surface area contributed by atoms with Crippen LogP contribution >= 0.6 is 0 Å². The van der Waals surface area contributed by atoms with Gasteiger partial charge in [0.15, 0.2) is 0 Å². The number of hydrogen-bond donors (Lipinski definition) is 1. The summed E-state index contributed by atoms with van der Waals surface area (Å²) < 4.78 is 0. The highest BCUT2D eigenvalue weighted by Crippen LogP contribution is 2.14. The van der Waals surface area contributed by atoms with Gasteiger partial charge in [-0.2, -0.15) is 0 Å². The molecule has 0 fully saturated rings. The summed E-state index contributed by atoms with van der Waals surface area (Å²) in [4.78, 5) is 20.4. The number of benzene rings is 1. The highest BCUT2D eigenvalue weighted by Gasteiger charge is 2.03. The van der Waals surface area contributed by atoms with Crippen molar-refractivity contribution in [1.29, 1.82) is 0 Å². The summed E-state index contributed by atoms with van der Waals surface area (Å²) in [5, 5.41) is 2.94. The Morgan fingerprint density at radius 3 is 2.76 bits per heavy atom. The number of amides is 1. The van der Waals surface area contributed by atoms with Crippen molar-refractivity contribution in [2.24, 2.45) is 0 Å². The summed E-state index contributed by atoms with van der Waals surface area (Å²) in [6.07, 6.45) is 10.3. The Kier molecular flexibility index (Phi) is 5.67. The number of nitrogens with zero attached hydrogens (tertiary/aromatic N) is 2. The van der Waals surface area contributed by atoms with Gasteiger partial charge in [-0.05, 0) is 54.0 Å². The van der Waals surface area contributed by atoms with Gasteiger partial charge in [0.1, 0.15) is 0 Å². The molecule has 0 unspecified atom stereocenters. The molecule has 25 heavy (non-hydrogen) atoms. The van der Waals surface area contributed by atoms with Crippen molar-refractivity contribution in [3.05, 3.63) is 90.0 Å². The van der Waals surface area contributed by atoms with Crippen molar-refractivity contribution in [3.8, 4) is 0 Å². The summed E-state index contributed by atoms with van der Waals surface area (Å²) in [5.74, 6) is -0.00490. The lowest BCUT2D eigenvalue weighted by Crippen LogP contribution is -2.12. The average molecular weight is 329 g/mol. The van der Waals surface area contributed by atoms with Gasteiger partial charge in [-0.25, -0.2) is 0 Å². The van der Waals surface area contributed by atoms with Gasteiger partial charge in [-0.3, -0.25) is 14.8 Å². The van der Waals surface area contributed by atoms with Crippen LogP contribution in [0, 0.1) is 0 Å². The van der Waals surface area contributed by atoms with E-state index in [-0.39, 0.29) is 5.91 Å². The maximum absolute atomic E-state index is 12.1. The van der Waals surface area contributed by atoms with Crippen LogP contribution in [0.1, 0.15) is 23.2 Å². The van der Waals surface area contributed by atoms with E-state index in [1.807, 2.05) is 66.7 Å². The van der Waals surface area contributed by atoms with Crippen LogP contribution in [0.15, 0.2) is 73.2 Å². The molecule has 2 heterocycles. The second-order valence-corrected chi connectivity index (χ2v) is 5.62. The van der Waals surface area contributed by atoms with E-state index in [1.54, 1.807) is 18.6 Å². The Morgan fingerprint density at radius 2 is 1.96 bits per heavy atom. The normalized spacial score (nSPS) is 10.7. The van der Waals surface area contributed by atoms with Gasteiger partial charge in [-0.1, -0.05) is 30.3 Å². The van der Waals surface area contributed by atoms with Gasteiger partial charge in [0.2, 0.25) is 5.91 Å². The highest BCUT2D eigenvalue weighted by atomic mass is 16.1. The van der Waals surface area contributed by atoms with Crippen LogP contribution in [0.3, 0.4) is 0 Å².